The van der Waals surface area contributed by atoms with Crippen LogP contribution in [0.4, 0.5) is 0 Å². The Balaban J connectivity index is 2.57. The van der Waals surface area contributed by atoms with Gasteiger partial charge in [-0.15, -0.1) is 0 Å². The van der Waals surface area contributed by atoms with Gasteiger partial charge in [0.05, 0.1) is 18.3 Å². The molecular formula is C15H22N2O2. The van der Waals surface area contributed by atoms with Gasteiger partial charge in [0, 0.05) is 19.7 Å². The summed E-state index contributed by atoms with van der Waals surface area (Å²) in [5, 5.41) is 12.3. The van der Waals surface area contributed by atoms with Gasteiger partial charge in [-0.25, -0.2) is 0 Å². The van der Waals surface area contributed by atoms with Crippen molar-refractivity contribution in [2.45, 2.75) is 32.9 Å². The highest BCUT2D eigenvalue weighted by Crippen LogP contribution is 2.19. The van der Waals surface area contributed by atoms with Gasteiger partial charge in [-0.05, 0) is 38.5 Å². The summed E-state index contributed by atoms with van der Waals surface area (Å²) in [6, 6.07) is 7.71. The van der Waals surface area contributed by atoms with Crippen LogP contribution in [0, 0.1) is 11.3 Å². The third-order valence-corrected chi connectivity index (χ3v) is 2.80. The summed E-state index contributed by atoms with van der Waals surface area (Å²) in [4.78, 5) is 0. The van der Waals surface area contributed by atoms with Crippen molar-refractivity contribution in [3.63, 3.8) is 0 Å². The predicted molar refractivity (Wildman–Crippen MR) is 75.1 cm³/mol. The largest absolute Gasteiger partial charge is 0.495 e. The van der Waals surface area contributed by atoms with E-state index in [0.29, 0.717) is 17.9 Å². The fourth-order valence-corrected chi connectivity index (χ4v) is 1.89. The van der Waals surface area contributed by atoms with E-state index >= 15 is 0 Å². The summed E-state index contributed by atoms with van der Waals surface area (Å²) in [6.45, 7) is 8.31. The first-order valence-electron chi connectivity index (χ1n) is 6.44. The zero-order valence-corrected chi connectivity index (χ0v) is 12.1. The molecule has 0 atom stereocenters. The zero-order valence-electron chi connectivity index (χ0n) is 12.1. The summed E-state index contributed by atoms with van der Waals surface area (Å²) in [7, 11) is 1.57. The van der Waals surface area contributed by atoms with Crippen molar-refractivity contribution in [2.24, 2.45) is 0 Å². The zero-order chi connectivity index (χ0) is 14.3. The SMILES string of the molecule is CCOC(C)(C)CNCc1ccc(C#N)c(OC)c1. The second kappa shape index (κ2) is 7.13. The molecule has 0 heterocycles. The molecule has 0 radical (unpaired) electrons. The van der Waals surface area contributed by atoms with Gasteiger partial charge in [0.1, 0.15) is 11.8 Å². The van der Waals surface area contributed by atoms with E-state index in [1.807, 2.05) is 19.1 Å². The molecular weight excluding hydrogens is 240 g/mol. The molecule has 0 spiro atoms. The second-order valence-corrected chi connectivity index (χ2v) is 4.94. The average Bonchev–Trinajstić information content (AvgIpc) is 2.38. The second-order valence-electron chi connectivity index (χ2n) is 4.94. The molecule has 0 amide bonds. The average molecular weight is 262 g/mol. The topological polar surface area (TPSA) is 54.3 Å². The molecule has 0 aromatic heterocycles. The summed E-state index contributed by atoms with van der Waals surface area (Å²) < 4.78 is 10.8. The van der Waals surface area contributed by atoms with Crippen LogP contribution in [-0.2, 0) is 11.3 Å². The van der Waals surface area contributed by atoms with Gasteiger partial charge < -0.3 is 14.8 Å². The van der Waals surface area contributed by atoms with Gasteiger partial charge in [-0.1, -0.05) is 6.07 Å². The minimum atomic E-state index is -0.175. The molecule has 19 heavy (non-hydrogen) atoms. The van der Waals surface area contributed by atoms with Crippen LogP contribution in [0.25, 0.3) is 0 Å². The standard InChI is InChI=1S/C15H22N2O2/c1-5-19-15(2,3)11-17-10-12-6-7-13(9-16)14(8-12)18-4/h6-8,17H,5,10-11H2,1-4H3. The summed E-state index contributed by atoms with van der Waals surface area (Å²) in [6.07, 6.45) is 0. The molecule has 0 aliphatic rings. The third kappa shape index (κ3) is 4.90. The van der Waals surface area contributed by atoms with Crippen molar-refractivity contribution in [1.29, 1.82) is 5.26 Å². The highest BCUT2D eigenvalue weighted by Gasteiger charge is 2.16. The van der Waals surface area contributed by atoms with Crippen LogP contribution in [0.15, 0.2) is 18.2 Å². The maximum absolute atomic E-state index is 8.92. The van der Waals surface area contributed by atoms with Crippen molar-refractivity contribution in [1.82, 2.24) is 5.32 Å². The minimum absolute atomic E-state index is 0.175. The number of nitrogens with one attached hydrogen (secondary N) is 1. The first kappa shape index (κ1) is 15.5. The van der Waals surface area contributed by atoms with E-state index in [1.54, 1.807) is 13.2 Å². The van der Waals surface area contributed by atoms with Crippen molar-refractivity contribution in [2.75, 3.05) is 20.3 Å². The molecule has 1 rings (SSSR count). The van der Waals surface area contributed by atoms with Crippen molar-refractivity contribution in [3.05, 3.63) is 29.3 Å². The van der Waals surface area contributed by atoms with Crippen LogP contribution >= 0.6 is 0 Å². The van der Waals surface area contributed by atoms with Crippen LogP contribution in [0.3, 0.4) is 0 Å². The van der Waals surface area contributed by atoms with E-state index < -0.39 is 0 Å². The van der Waals surface area contributed by atoms with Gasteiger partial charge in [-0.3, -0.25) is 0 Å². The van der Waals surface area contributed by atoms with Crippen LogP contribution in [0.1, 0.15) is 31.9 Å². The maximum Gasteiger partial charge on any atom is 0.136 e. The lowest BCUT2D eigenvalue weighted by Gasteiger charge is -2.25. The maximum atomic E-state index is 8.92. The van der Waals surface area contributed by atoms with Gasteiger partial charge in [-0.2, -0.15) is 5.26 Å². The Labute approximate surface area is 115 Å². The lowest BCUT2D eigenvalue weighted by atomic mass is 10.1. The molecule has 104 valence electrons. The quantitative estimate of drug-likeness (QED) is 0.820. The van der Waals surface area contributed by atoms with E-state index in [4.69, 9.17) is 14.7 Å². The number of benzene rings is 1. The number of ether oxygens (including phenoxy) is 2. The van der Waals surface area contributed by atoms with E-state index in [9.17, 15) is 0 Å². The molecule has 0 aliphatic heterocycles. The summed E-state index contributed by atoms with van der Waals surface area (Å²) in [5.74, 6) is 0.617. The van der Waals surface area contributed by atoms with Gasteiger partial charge >= 0.3 is 0 Å². The van der Waals surface area contributed by atoms with E-state index in [2.05, 4.69) is 25.2 Å². The van der Waals surface area contributed by atoms with Crippen molar-refractivity contribution < 1.29 is 9.47 Å². The molecule has 0 saturated heterocycles. The molecule has 1 N–H and O–H groups in total. The molecule has 1 aromatic carbocycles. The highest BCUT2D eigenvalue weighted by molar-refractivity contribution is 5.45. The van der Waals surface area contributed by atoms with E-state index in [-0.39, 0.29) is 5.60 Å². The van der Waals surface area contributed by atoms with Crippen LogP contribution in [0.2, 0.25) is 0 Å². The molecule has 0 aliphatic carbocycles. The molecule has 0 bridgehead atoms. The molecule has 1 aromatic rings. The highest BCUT2D eigenvalue weighted by atomic mass is 16.5. The Kier molecular flexibility index (Phi) is 5.81. The van der Waals surface area contributed by atoms with Crippen LogP contribution in [-0.4, -0.2) is 25.9 Å². The monoisotopic (exact) mass is 262 g/mol. The lowest BCUT2D eigenvalue weighted by Crippen LogP contribution is -2.37. The van der Waals surface area contributed by atoms with Crippen LogP contribution in [0.5, 0.6) is 5.75 Å². The first-order chi connectivity index (χ1) is 9.02. The predicted octanol–water partition coefficient (Wildman–Crippen LogP) is 2.47. The Bertz CT molecular complexity index is 450. The first-order valence-corrected chi connectivity index (χ1v) is 6.44. The fraction of sp³-hybridized carbons (Fsp3) is 0.533. The Morgan fingerprint density at radius 1 is 1.37 bits per heavy atom. The third-order valence-electron chi connectivity index (χ3n) is 2.80. The fourth-order valence-electron chi connectivity index (χ4n) is 1.89. The lowest BCUT2D eigenvalue weighted by molar-refractivity contribution is -0.00897. The van der Waals surface area contributed by atoms with Crippen molar-refractivity contribution >= 4 is 0 Å². The normalized spacial score (nSPS) is 11.1. The molecule has 0 fully saturated rings. The number of nitrogens with zero attached hydrogens (tertiary/aromatic N) is 1. The summed E-state index contributed by atoms with van der Waals surface area (Å²) in [5.41, 5.74) is 1.47. The summed E-state index contributed by atoms with van der Waals surface area (Å²) >= 11 is 0. The number of methoxy groups -OCH3 is 1. The number of hydrogen-bond acceptors (Lipinski definition) is 4. The Morgan fingerprint density at radius 3 is 2.68 bits per heavy atom. The van der Waals surface area contributed by atoms with Gasteiger partial charge in [0.2, 0.25) is 0 Å². The van der Waals surface area contributed by atoms with E-state index in [0.717, 1.165) is 18.7 Å². The van der Waals surface area contributed by atoms with E-state index in [1.165, 1.54) is 0 Å². The van der Waals surface area contributed by atoms with Gasteiger partial charge in [0.15, 0.2) is 0 Å². The minimum Gasteiger partial charge on any atom is -0.495 e. The molecule has 4 heteroatoms. The van der Waals surface area contributed by atoms with Crippen LogP contribution < -0.4 is 10.1 Å². The van der Waals surface area contributed by atoms with Crippen molar-refractivity contribution in [3.8, 4) is 11.8 Å². The number of hydrogen-bond donors (Lipinski definition) is 1. The smallest absolute Gasteiger partial charge is 0.136 e. The molecule has 4 nitrogen and oxygen atoms in total. The Morgan fingerprint density at radius 2 is 2.11 bits per heavy atom. The Hall–Kier alpha value is -1.57. The molecule has 0 unspecified atom stereocenters. The molecule has 0 saturated carbocycles. The number of rotatable bonds is 7. The number of nitriles is 1. The van der Waals surface area contributed by atoms with Gasteiger partial charge in [0.25, 0.3) is 0 Å².